The lowest BCUT2D eigenvalue weighted by atomic mass is 10.0. The molecule has 0 saturated carbocycles. The van der Waals surface area contributed by atoms with Gasteiger partial charge in [0.1, 0.15) is 6.10 Å². The molecule has 4 nitrogen and oxygen atoms in total. The van der Waals surface area contributed by atoms with E-state index in [-0.39, 0.29) is 12.0 Å². The van der Waals surface area contributed by atoms with Gasteiger partial charge in [-0.1, -0.05) is 77.6 Å². The van der Waals surface area contributed by atoms with Crippen molar-refractivity contribution in [3.63, 3.8) is 0 Å². The van der Waals surface area contributed by atoms with Crippen LogP contribution in [0.1, 0.15) is 84.0 Å². The van der Waals surface area contributed by atoms with E-state index in [1.807, 2.05) is 0 Å². The Morgan fingerprint density at radius 1 is 0.957 bits per heavy atom. The lowest BCUT2D eigenvalue weighted by Crippen LogP contribution is -2.30. The van der Waals surface area contributed by atoms with Crippen LogP contribution in [-0.4, -0.2) is 48.3 Å². The van der Waals surface area contributed by atoms with Gasteiger partial charge in [-0.2, -0.15) is 0 Å². The Morgan fingerprint density at radius 3 is 1.91 bits per heavy atom. The molecule has 1 N–H and O–H groups in total. The van der Waals surface area contributed by atoms with E-state index in [0.717, 1.165) is 12.8 Å². The number of carbonyl (C=O) groups is 1. The lowest BCUT2D eigenvalue weighted by molar-refractivity contribution is -0.130. The van der Waals surface area contributed by atoms with Crippen LogP contribution >= 0.6 is 0 Å². The summed E-state index contributed by atoms with van der Waals surface area (Å²) in [5, 5.41) is 10.0. The number of ether oxygens (including phenoxy) is 1. The van der Waals surface area contributed by atoms with Crippen LogP contribution < -0.4 is 0 Å². The zero-order valence-corrected chi connectivity index (χ0v) is 15.4. The molecule has 0 aromatic heterocycles. The summed E-state index contributed by atoms with van der Waals surface area (Å²) < 4.78 is 5.31. The number of carbonyl (C=O) groups excluding carboxylic acids is 1. The SMILES string of the molecule is CCCCCCCCCCCCCC(O)[C@H]1O[C@H]1C(=O)N(C)C. The zero-order chi connectivity index (χ0) is 17.1. The van der Waals surface area contributed by atoms with E-state index in [0.29, 0.717) is 0 Å². The highest BCUT2D eigenvalue weighted by Crippen LogP contribution is 2.29. The molecule has 0 bridgehead atoms. The number of amides is 1. The summed E-state index contributed by atoms with van der Waals surface area (Å²) >= 11 is 0. The third kappa shape index (κ3) is 8.71. The fourth-order valence-electron chi connectivity index (χ4n) is 3.05. The molecule has 0 aliphatic carbocycles. The van der Waals surface area contributed by atoms with Gasteiger partial charge in [-0.25, -0.2) is 0 Å². The van der Waals surface area contributed by atoms with Crippen molar-refractivity contribution < 1.29 is 14.6 Å². The number of unbranched alkanes of at least 4 members (excludes halogenated alkanes) is 10. The second kappa shape index (κ2) is 11.9. The maximum atomic E-state index is 11.7. The quantitative estimate of drug-likeness (QED) is 0.389. The molecule has 0 aromatic rings. The monoisotopic (exact) mass is 327 g/mol. The van der Waals surface area contributed by atoms with Gasteiger partial charge in [0.15, 0.2) is 6.10 Å². The van der Waals surface area contributed by atoms with Crippen LogP contribution in [-0.2, 0) is 9.53 Å². The number of epoxide rings is 1. The van der Waals surface area contributed by atoms with Crippen molar-refractivity contribution in [2.75, 3.05) is 14.1 Å². The Bertz CT molecular complexity index is 320. The van der Waals surface area contributed by atoms with Gasteiger partial charge in [0.25, 0.3) is 5.91 Å². The molecule has 1 fully saturated rings. The predicted molar refractivity (Wildman–Crippen MR) is 94.4 cm³/mol. The highest BCUT2D eigenvalue weighted by molar-refractivity contribution is 5.83. The molecule has 0 radical (unpaired) electrons. The van der Waals surface area contributed by atoms with E-state index in [4.69, 9.17) is 4.74 Å². The average molecular weight is 328 g/mol. The summed E-state index contributed by atoms with van der Waals surface area (Å²) in [6.07, 6.45) is 14.0. The van der Waals surface area contributed by atoms with Crippen molar-refractivity contribution in [3.8, 4) is 0 Å². The van der Waals surface area contributed by atoms with Gasteiger partial charge in [0.05, 0.1) is 6.10 Å². The van der Waals surface area contributed by atoms with Gasteiger partial charge >= 0.3 is 0 Å². The molecule has 0 spiro atoms. The van der Waals surface area contributed by atoms with Gasteiger partial charge < -0.3 is 14.7 Å². The molecule has 4 heteroatoms. The molecule has 1 aliphatic rings. The van der Waals surface area contributed by atoms with Gasteiger partial charge in [0.2, 0.25) is 0 Å². The number of nitrogens with zero attached hydrogens (tertiary/aromatic N) is 1. The normalized spacial score (nSPS) is 21.2. The number of aliphatic hydroxyl groups is 1. The maximum Gasteiger partial charge on any atom is 0.254 e. The Hall–Kier alpha value is -0.610. The number of aliphatic hydroxyl groups excluding tert-OH is 1. The van der Waals surface area contributed by atoms with Gasteiger partial charge in [-0.05, 0) is 6.42 Å². The molecule has 1 saturated heterocycles. The van der Waals surface area contributed by atoms with E-state index in [1.165, 1.54) is 69.1 Å². The van der Waals surface area contributed by atoms with Crippen molar-refractivity contribution in [1.82, 2.24) is 4.90 Å². The van der Waals surface area contributed by atoms with Crippen LogP contribution in [0, 0.1) is 0 Å². The summed E-state index contributed by atoms with van der Waals surface area (Å²) in [7, 11) is 3.44. The van der Waals surface area contributed by atoms with E-state index < -0.39 is 12.2 Å². The second-order valence-corrected chi connectivity index (χ2v) is 7.15. The van der Waals surface area contributed by atoms with Crippen LogP contribution in [0.15, 0.2) is 0 Å². The van der Waals surface area contributed by atoms with E-state index in [9.17, 15) is 9.90 Å². The molecule has 1 rings (SSSR count). The number of likely N-dealkylation sites (N-methyl/N-ethyl adjacent to an activating group) is 1. The summed E-state index contributed by atoms with van der Waals surface area (Å²) in [6, 6.07) is 0. The van der Waals surface area contributed by atoms with Crippen molar-refractivity contribution >= 4 is 5.91 Å². The third-order valence-electron chi connectivity index (χ3n) is 4.69. The van der Waals surface area contributed by atoms with Gasteiger partial charge in [-0.3, -0.25) is 4.79 Å². The van der Waals surface area contributed by atoms with Crippen molar-refractivity contribution in [2.24, 2.45) is 0 Å². The minimum Gasteiger partial charge on any atom is -0.390 e. The number of hydrogen-bond donors (Lipinski definition) is 1. The zero-order valence-electron chi connectivity index (χ0n) is 15.4. The standard InChI is InChI=1S/C19H37NO3/c1-4-5-6-7-8-9-10-11-12-13-14-15-16(21)17-18(23-17)19(22)20(2)3/h16-18,21H,4-15H2,1-3H3/t16?,17-,18-/m1/s1. The first-order valence-corrected chi connectivity index (χ1v) is 9.62. The molecule has 3 atom stereocenters. The van der Waals surface area contributed by atoms with Crippen molar-refractivity contribution in [1.29, 1.82) is 0 Å². The van der Waals surface area contributed by atoms with Gasteiger partial charge in [0, 0.05) is 14.1 Å². The molecule has 1 heterocycles. The van der Waals surface area contributed by atoms with Crippen LogP contribution in [0.25, 0.3) is 0 Å². The summed E-state index contributed by atoms with van der Waals surface area (Å²) in [5.74, 6) is -0.0343. The molecule has 1 unspecified atom stereocenters. The molecule has 23 heavy (non-hydrogen) atoms. The van der Waals surface area contributed by atoms with Crippen LogP contribution in [0.4, 0.5) is 0 Å². The summed E-state index contributed by atoms with van der Waals surface area (Å²) in [5.41, 5.74) is 0. The Balaban J connectivity index is 1.87. The molecule has 136 valence electrons. The minimum absolute atomic E-state index is 0.0343. The fraction of sp³-hybridized carbons (Fsp3) is 0.947. The fourth-order valence-corrected chi connectivity index (χ4v) is 3.05. The molecule has 1 aliphatic heterocycles. The summed E-state index contributed by atoms with van der Waals surface area (Å²) in [6.45, 7) is 2.26. The highest BCUT2D eigenvalue weighted by atomic mass is 16.6. The predicted octanol–water partition coefficient (Wildman–Crippen LogP) is 3.90. The van der Waals surface area contributed by atoms with E-state index in [1.54, 1.807) is 14.1 Å². The van der Waals surface area contributed by atoms with Gasteiger partial charge in [-0.15, -0.1) is 0 Å². The van der Waals surface area contributed by atoms with Crippen molar-refractivity contribution in [2.45, 2.75) is 102 Å². The average Bonchev–Trinajstić information content (AvgIpc) is 3.32. The van der Waals surface area contributed by atoms with Crippen LogP contribution in [0.5, 0.6) is 0 Å². The van der Waals surface area contributed by atoms with Crippen molar-refractivity contribution in [3.05, 3.63) is 0 Å². The van der Waals surface area contributed by atoms with Crippen LogP contribution in [0.2, 0.25) is 0 Å². The molecular weight excluding hydrogens is 290 g/mol. The maximum absolute atomic E-state index is 11.7. The van der Waals surface area contributed by atoms with Crippen LogP contribution in [0.3, 0.4) is 0 Å². The smallest absolute Gasteiger partial charge is 0.254 e. The molecule has 1 amide bonds. The highest BCUT2D eigenvalue weighted by Gasteiger charge is 2.49. The third-order valence-corrected chi connectivity index (χ3v) is 4.69. The Kier molecular flexibility index (Phi) is 10.5. The Morgan fingerprint density at radius 2 is 1.43 bits per heavy atom. The Labute approximate surface area is 142 Å². The van der Waals surface area contributed by atoms with E-state index in [2.05, 4.69) is 6.92 Å². The first kappa shape index (κ1) is 20.4. The molecule has 0 aromatic carbocycles. The first-order valence-electron chi connectivity index (χ1n) is 9.62. The summed E-state index contributed by atoms with van der Waals surface area (Å²) in [4.78, 5) is 13.2. The largest absolute Gasteiger partial charge is 0.390 e. The van der Waals surface area contributed by atoms with E-state index >= 15 is 0 Å². The minimum atomic E-state index is -0.484. The number of hydrogen-bond acceptors (Lipinski definition) is 3. The first-order chi connectivity index (χ1) is 11.1. The second-order valence-electron chi connectivity index (χ2n) is 7.15. The number of rotatable bonds is 14. The topological polar surface area (TPSA) is 53.1 Å². The molecular formula is C19H37NO3. The lowest BCUT2D eigenvalue weighted by Gasteiger charge is -2.09.